The molecule has 21 heavy (non-hydrogen) atoms. The molecule has 0 amide bonds. The second-order valence-electron chi connectivity index (χ2n) is 7.31. The predicted molar refractivity (Wildman–Crippen MR) is 84.4 cm³/mol. The van der Waals surface area contributed by atoms with Gasteiger partial charge in [0.05, 0.1) is 0 Å². The average molecular weight is 278 g/mol. The smallest absolute Gasteiger partial charge is 0.156 e. The Labute approximate surface area is 127 Å². The van der Waals surface area contributed by atoms with Crippen molar-refractivity contribution in [1.29, 1.82) is 0 Å². The first-order valence-corrected chi connectivity index (χ1v) is 8.26. The van der Waals surface area contributed by atoms with Gasteiger partial charge in [0.25, 0.3) is 0 Å². The lowest BCUT2D eigenvalue weighted by atomic mass is 9.56. The van der Waals surface area contributed by atoms with Crippen LogP contribution < -0.4 is 0 Å². The van der Waals surface area contributed by atoms with Gasteiger partial charge in [0.2, 0.25) is 0 Å². The summed E-state index contributed by atoms with van der Waals surface area (Å²) in [7, 11) is 0. The average Bonchev–Trinajstić information content (AvgIpc) is 2.83. The molecule has 1 nitrogen and oxygen atoms in total. The fourth-order valence-corrected chi connectivity index (χ4v) is 5.33. The zero-order chi connectivity index (χ0) is 14.6. The normalized spacial score (nSPS) is 38.0. The minimum atomic E-state index is 0.231. The number of rotatable bonds is 0. The predicted octanol–water partition coefficient (Wildman–Crippen LogP) is 4.36. The molecule has 0 aromatic carbocycles. The van der Waals surface area contributed by atoms with Crippen molar-refractivity contribution < 1.29 is 4.79 Å². The van der Waals surface area contributed by atoms with E-state index in [1.165, 1.54) is 30.4 Å². The molecule has 4 rings (SSSR count). The molecule has 0 radical (unpaired) electrons. The van der Waals surface area contributed by atoms with Gasteiger partial charge < -0.3 is 0 Å². The minimum Gasteiger partial charge on any atom is -0.295 e. The van der Waals surface area contributed by atoms with Gasteiger partial charge in [-0.15, -0.1) is 6.42 Å². The summed E-state index contributed by atoms with van der Waals surface area (Å²) in [6, 6.07) is 0. The molecule has 0 spiro atoms. The zero-order valence-corrected chi connectivity index (χ0v) is 12.7. The number of terminal acetylenes is 1. The van der Waals surface area contributed by atoms with Gasteiger partial charge in [-0.25, -0.2) is 0 Å². The zero-order valence-electron chi connectivity index (χ0n) is 12.7. The Morgan fingerprint density at radius 3 is 2.95 bits per heavy atom. The lowest BCUT2D eigenvalue weighted by Crippen LogP contribution is -2.38. The van der Waals surface area contributed by atoms with Gasteiger partial charge in [0.1, 0.15) is 0 Å². The summed E-state index contributed by atoms with van der Waals surface area (Å²) in [5, 5.41) is 0. The number of hydrogen-bond acceptors (Lipinski definition) is 1. The number of carbonyl (C=O) groups excluding carboxylic acids is 1. The van der Waals surface area contributed by atoms with Crippen molar-refractivity contribution >= 4 is 5.78 Å². The van der Waals surface area contributed by atoms with Gasteiger partial charge >= 0.3 is 0 Å². The van der Waals surface area contributed by atoms with Gasteiger partial charge in [-0.05, 0) is 67.6 Å². The molecule has 0 N–H and O–H groups in total. The SMILES string of the molecule is C#CC1=CCC2C3CCC4=CC(=O)CCC4=C3CCC12C. The largest absolute Gasteiger partial charge is 0.295 e. The summed E-state index contributed by atoms with van der Waals surface area (Å²) in [6.45, 7) is 2.38. The first-order chi connectivity index (χ1) is 10.1. The summed E-state index contributed by atoms with van der Waals surface area (Å²) in [5.41, 5.74) is 6.05. The van der Waals surface area contributed by atoms with Gasteiger partial charge in [-0.3, -0.25) is 4.79 Å². The van der Waals surface area contributed by atoms with Crippen LogP contribution in [0.25, 0.3) is 0 Å². The van der Waals surface area contributed by atoms with Crippen molar-refractivity contribution in [3.05, 3.63) is 34.4 Å². The Bertz CT molecular complexity index is 652. The third-order valence-electron chi connectivity index (χ3n) is 6.47. The van der Waals surface area contributed by atoms with E-state index in [0.717, 1.165) is 19.3 Å². The molecule has 3 atom stereocenters. The molecule has 3 unspecified atom stereocenters. The first-order valence-electron chi connectivity index (χ1n) is 8.26. The number of hydrogen-bond donors (Lipinski definition) is 0. The fraction of sp³-hybridized carbons (Fsp3) is 0.550. The van der Waals surface area contributed by atoms with Crippen LogP contribution in [0.15, 0.2) is 34.4 Å². The molecule has 0 aliphatic heterocycles. The highest BCUT2D eigenvalue weighted by atomic mass is 16.1. The van der Waals surface area contributed by atoms with Crippen molar-refractivity contribution in [1.82, 2.24) is 0 Å². The summed E-state index contributed by atoms with van der Waals surface area (Å²) >= 11 is 0. The molecule has 1 fully saturated rings. The summed E-state index contributed by atoms with van der Waals surface area (Å²) in [6.07, 6.45) is 17.5. The summed E-state index contributed by atoms with van der Waals surface area (Å²) < 4.78 is 0. The second kappa shape index (κ2) is 4.47. The van der Waals surface area contributed by atoms with E-state index in [9.17, 15) is 4.79 Å². The number of ketones is 1. The molecule has 0 saturated heterocycles. The molecule has 108 valence electrons. The Balaban J connectivity index is 1.74. The van der Waals surface area contributed by atoms with Crippen molar-refractivity contribution in [3.8, 4) is 12.3 Å². The van der Waals surface area contributed by atoms with Crippen LogP contribution >= 0.6 is 0 Å². The molecule has 4 aliphatic carbocycles. The van der Waals surface area contributed by atoms with Gasteiger partial charge in [0, 0.05) is 17.4 Å². The molecule has 0 aromatic heterocycles. The standard InChI is InChI=1S/C20H22O/c1-3-14-5-9-19-18-7-4-13-12-15(21)6-8-16(13)17(18)10-11-20(14,19)2/h1,5,12,18-19H,4,6-11H2,2H3. The van der Waals surface area contributed by atoms with Crippen molar-refractivity contribution in [2.24, 2.45) is 17.3 Å². The van der Waals surface area contributed by atoms with Crippen LogP contribution in [-0.4, -0.2) is 5.78 Å². The van der Waals surface area contributed by atoms with E-state index in [0.29, 0.717) is 24.0 Å². The van der Waals surface area contributed by atoms with E-state index in [2.05, 4.69) is 18.9 Å². The number of fused-ring (bicyclic) bond motifs is 4. The molecule has 1 heteroatoms. The summed E-state index contributed by atoms with van der Waals surface area (Å²) in [4.78, 5) is 11.7. The minimum absolute atomic E-state index is 0.231. The Morgan fingerprint density at radius 2 is 2.14 bits per heavy atom. The van der Waals surface area contributed by atoms with Crippen LogP contribution in [0.1, 0.15) is 51.9 Å². The number of carbonyl (C=O) groups is 1. The molecular formula is C20H22O. The molecular weight excluding hydrogens is 256 g/mol. The molecule has 0 bridgehead atoms. The van der Waals surface area contributed by atoms with Crippen molar-refractivity contribution in [2.75, 3.05) is 0 Å². The van der Waals surface area contributed by atoms with E-state index >= 15 is 0 Å². The quantitative estimate of drug-likeness (QED) is 0.602. The third kappa shape index (κ3) is 1.75. The number of allylic oxidation sites excluding steroid dienone is 6. The van der Waals surface area contributed by atoms with E-state index < -0.39 is 0 Å². The van der Waals surface area contributed by atoms with Crippen molar-refractivity contribution in [2.45, 2.75) is 51.9 Å². The van der Waals surface area contributed by atoms with Crippen LogP contribution in [0.2, 0.25) is 0 Å². The monoisotopic (exact) mass is 278 g/mol. The Kier molecular flexibility index (Phi) is 2.80. The van der Waals surface area contributed by atoms with E-state index in [1.54, 1.807) is 11.1 Å². The van der Waals surface area contributed by atoms with Crippen LogP contribution in [-0.2, 0) is 4.79 Å². The van der Waals surface area contributed by atoms with Gasteiger partial charge in [0.15, 0.2) is 5.78 Å². The third-order valence-corrected chi connectivity index (χ3v) is 6.47. The first kappa shape index (κ1) is 13.1. The van der Waals surface area contributed by atoms with Gasteiger partial charge in [-0.1, -0.05) is 24.5 Å². The summed E-state index contributed by atoms with van der Waals surface area (Å²) in [5.74, 6) is 4.67. The maximum absolute atomic E-state index is 11.7. The van der Waals surface area contributed by atoms with Crippen LogP contribution in [0.4, 0.5) is 0 Å². The maximum Gasteiger partial charge on any atom is 0.156 e. The Hall–Kier alpha value is -1.55. The fourth-order valence-electron chi connectivity index (χ4n) is 5.33. The molecule has 0 aromatic rings. The van der Waals surface area contributed by atoms with Crippen LogP contribution in [0, 0.1) is 29.6 Å². The lowest BCUT2D eigenvalue weighted by Gasteiger charge is -2.47. The van der Waals surface area contributed by atoms with Crippen molar-refractivity contribution in [3.63, 3.8) is 0 Å². The van der Waals surface area contributed by atoms with Gasteiger partial charge in [-0.2, -0.15) is 0 Å². The van der Waals surface area contributed by atoms with Crippen LogP contribution in [0.3, 0.4) is 0 Å². The van der Waals surface area contributed by atoms with E-state index in [1.807, 2.05) is 6.08 Å². The molecule has 4 aliphatic rings. The van der Waals surface area contributed by atoms with E-state index in [-0.39, 0.29) is 5.41 Å². The highest BCUT2D eigenvalue weighted by Gasteiger charge is 2.49. The lowest BCUT2D eigenvalue weighted by molar-refractivity contribution is -0.114. The second-order valence-corrected chi connectivity index (χ2v) is 7.31. The highest BCUT2D eigenvalue weighted by Crippen LogP contribution is 2.59. The topological polar surface area (TPSA) is 17.1 Å². The van der Waals surface area contributed by atoms with Crippen LogP contribution in [0.5, 0.6) is 0 Å². The molecule has 0 heterocycles. The highest BCUT2D eigenvalue weighted by molar-refractivity contribution is 5.93. The maximum atomic E-state index is 11.7. The Morgan fingerprint density at radius 1 is 1.29 bits per heavy atom. The molecule has 1 saturated carbocycles. The van der Waals surface area contributed by atoms with E-state index in [4.69, 9.17) is 6.42 Å².